The first-order valence-corrected chi connectivity index (χ1v) is 6.57. The number of nitrogens with one attached hydrogen (secondary N) is 1. The predicted octanol–water partition coefficient (Wildman–Crippen LogP) is 3.69. The highest BCUT2D eigenvalue weighted by atomic mass is 79.9. The largest absolute Gasteiger partial charge is 0.378 e. The fourth-order valence-electron chi connectivity index (χ4n) is 1.91. The van der Waals surface area contributed by atoms with Crippen molar-refractivity contribution in [1.29, 1.82) is 0 Å². The number of hydrogen-bond acceptors (Lipinski definition) is 2. The summed E-state index contributed by atoms with van der Waals surface area (Å²) < 4.78 is 28.9. The minimum absolute atomic E-state index is 0.115. The van der Waals surface area contributed by atoms with Crippen LogP contribution >= 0.6 is 15.9 Å². The van der Waals surface area contributed by atoms with Crippen LogP contribution in [0.25, 0.3) is 0 Å². The van der Waals surface area contributed by atoms with Gasteiger partial charge >= 0.3 is 0 Å². The molecule has 0 aliphatic heterocycles. The molecule has 1 aromatic heterocycles. The second-order valence-electron chi connectivity index (χ2n) is 4.37. The van der Waals surface area contributed by atoms with Crippen molar-refractivity contribution in [2.75, 3.05) is 5.32 Å². The fraction of sp³-hybridized carbons (Fsp3) is 0.308. The van der Waals surface area contributed by atoms with Crippen LogP contribution in [0.2, 0.25) is 0 Å². The Balaban J connectivity index is 2.21. The zero-order valence-electron chi connectivity index (χ0n) is 10.9. The van der Waals surface area contributed by atoms with E-state index < -0.39 is 11.6 Å². The van der Waals surface area contributed by atoms with Gasteiger partial charge in [-0.2, -0.15) is 5.10 Å². The van der Waals surface area contributed by atoms with Crippen molar-refractivity contribution in [3.63, 3.8) is 0 Å². The number of aromatic nitrogens is 2. The molecule has 3 nitrogen and oxygen atoms in total. The van der Waals surface area contributed by atoms with Crippen LogP contribution in [0.1, 0.15) is 17.0 Å². The Morgan fingerprint density at radius 3 is 2.53 bits per heavy atom. The summed E-state index contributed by atoms with van der Waals surface area (Å²) in [4.78, 5) is 0. The third-order valence-electron chi connectivity index (χ3n) is 3.12. The Hall–Kier alpha value is -1.43. The number of halogens is 3. The van der Waals surface area contributed by atoms with Crippen molar-refractivity contribution in [3.8, 4) is 0 Å². The van der Waals surface area contributed by atoms with Crippen molar-refractivity contribution in [2.24, 2.45) is 7.05 Å². The molecule has 2 aromatic rings. The predicted molar refractivity (Wildman–Crippen MR) is 74.1 cm³/mol. The zero-order chi connectivity index (χ0) is 14.2. The number of benzene rings is 1. The van der Waals surface area contributed by atoms with E-state index >= 15 is 0 Å². The van der Waals surface area contributed by atoms with E-state index in [1.54, 1.807) is 4.68 Å². The molecular formula is C13H14BrF2N3. The SMILES string of the molecule is Cc1nn(C)c(C)c1CNc1cc(F)c(Br)cc1F. The van der Waals surface area contributed by atoms with E-state index in [2.05, 4.69) is 26.3 Å². The minimum atomic E-state index is -0.497. The summed E-state index contributed by atoms with van der Waals surface area (Å²) in [6.07, 6.45) is 0. The summed E-state index contributed by atoms with van der Waals surface area (Å²) >= 11 is 2.95. The average Bonchev–Trinajstić information content (AvgIpc) is 2.57. The molecule has 102 valence electrons. The van der Waals surface area contributed by atoms with E-state index in [4.69, 9.17) is 0 Å². The molecule has 6 heteroatoms. The maximum atomic E-state index is 13.7. The van der Waals surface area contributed by atoms with Crippen molar-refractivity contribution in [1.82, 2.24) is 9.78 Å². The lowest BCUT2D eigenvalue weighted by Crippen LogP contribution is -2.04. The second-order valence-corrected chi connectivity index (χ2v) is 5.23. The quantitative estimate of drug-likeness (QED) is 0.870. The van der Waals surface area contributed by atoms with E-state index in [9.17, 15) is 8.78 Å². The first-order valence-electron chi connectivity index (χ1n) is 5.77. The standard InChI is InChI=1S/C13H14BrF2N3/c1-7-9(8(2)19(3)18-7)6-17-13-5-11(15)10(14)4-12(13)16/h4-5,17H,6H2,1-3H3. The molecule has 0 aliphatic carbocycles. The average molecular weight is 330 g/mol. The van der Waals surface area contributed by atoms with Gasteiger partial charge in [0.05, 0.1) is 15.9 Å². The first-order chi connectivity index (χ1) is 8.90. The van der Waals surface area contributed by atoms with Gasteiger partial charge in [-0.15, -0.1) is 0 Å². The minimum Gasteiger partial charge on any atom is -0.378 e. The molecule has 0 unspecified atom stereocenters. The van der Waals surface area contributed by atoms with Gasteiger partial charge in [0.2, 0.25) is 0 Å². The lowest BCUT2D eigenvalue weighted by atomic mass is 10.2. The molecule has 0 fully saturated rings. The highest BCUT2D eigenvalue weighted by molar-refractivity contribution is 9.10. The summed E-state index contributed by atoms with van der Waals surface area (Å²) in [5, 5.41) is 7.18. The fourth-order valence-corrected chi connectivity index (χ4v) is 2.23. The van der Waals surface area contributed by atoms with Crippen molar-refractivity contribution >= 4 is 21.6 Å². The van der Waals surface area contributed by atoms with Gasteiger partial charge in [-0.05, 0) is 35.8 Å². The van der Waals surface area contributed by atoms with Crippen molar-refractivity contribution < 1.29 is 8.78 Å². The van der Waals surface area contributed by atoms with Crippen LogP contribution in [0.5, 0.6) is 0 Å². The molecule has 0 amide bonds. The molecule has 1 N–H and O–H groups in total. The molecule has 0 spiro atoms. The molecule has 0 aliphatic rings. The van der Waals surface area contributed by atoms with Crippen LogP contribution in [0.15, 0.2) is 16.6 Å². The first kappa shape index (κ1) is 14.0. The maximum Gasteiger partial charge on any atom is 0.147 e. The summed E-state index contributed by atoms with van der Waals surface area (Å²) in [7, 11) is 1.85. The van der Waals surface area contributed by atoms with E-state index in [0.29, 0.717) is 6.54 Å². The van der Waals surface area contributed by atoms with Crippen LogP contribution in [0.4, 0.5) is 14.5 Å². The number of rotatable bonds is 3. The van der Waals surface area contributed by atoms with Gasteiger partial charge in [0, 0.05) is 30.9 Å². The summed E-state index contributed by atoms with van der Waals surface area (Å²) in [6.45, 7) is 4.24. The molecule has 0 bridgehead atoms. The van der Waals surface area contributed by atoms with Crippen molar-refractivity contribution in [3.05, 3.63) is 45.2 Å². The lowest BCUT2D eigenvalue weighted by molar-refractivity contribution is 0.596. The summed E-state index contributed by atoms with van der Waals surface area (Å²) in [5.74, 6) is -0.990. The molecule has 1 aromatic carbocycles. The van der Waals surface area contributed by atoms with Crippen LogP contribution in [0.3, 0.4) is 0 Å². The van der Waals surface area contributed by atoms with E-state index in [1.807, 2.05) is 20.9 Å². The van der Waals surface area contributed by atoms with Crippen molar-refractivity contribution in [2.45, 2.75) is 20.4 Å². The lowest BCUT2D eigenvalue weighted by Gasteiger charge is -2.09. The van der Waals surface area contributed by atoms with Gasteiger partial charge < -0.3 is 5.32 Å². The Labute approximate surface area is 118 Å². The number of anilines is 1. The molecule has 0 saturated carbocycles. The highest BCUT2D eigenvalue weighted by Crippen LogP contribution is 2.24. The monoisotopic (exact) mass is 329 g/mol. The molecule has 0 saturated heterocycles. The van der Waals surface area contributed by atoms with Gasteiger partial charge in [0.15, 0.2) is 0 Å². The van der Waals surface area contributed by atoms with Gasteiger partial charge in [0.1, 0.15) is 11.6 Å². The molecule has 1 heterocycles. The smallest absolute Gasteiger partial charge is 0.147 e. The van der Waals surface area contributed by atoms with Crippen LogP contribution in [-0.4, -0.2) is 9.78 Å². The van der Waals surface area contributed by atoms with Gasteiger partial charge in [-0.3, -0.25) is 4.68 Å². The van der Waals surface area contributed by atoms with Gasteiger partial charge in [-0.1, -0.05) is 0 Å². The summed E-state index contributed by atoms with van der Waals surface area (Å²) in [6, 6.07) is 2.25. The van der Waals surface area contributed by atoms with Gasteiger partial charge in [0.25, 0.3) is 0 Å². The molecule has 0 atom stereocenters. The second kappa shape index (κ2) is 5.28. The van der Waals surface area contributed by atoms with Crippen LogP contribution in [0, 0.1) is 25.5 Å². The number of hydrogen-bond donors (Lipinski definition) is 1. The normalized spacial score (nSPS) is 10.8. The Morgan fingerprint density at radius 1 is 1.26 bits per heavy atom. The highest BCUT2D eigenvalue weighted by Gasteiger charge is 2.12. The van der Waals surface area contributed by atoms with Crippen LogP contribution < -0.4 is 5.32 Å². The molecule has 0 radical (unpaired) electrons. The summed E-state index contributed by atoms with van der Waals surface area (Å²) in [5.41, 5.74) is 3.02. The maximum absolute atomic E-state index is 13.7. The Morgan fingerprint density at radius 2 is 1.95 bits per heavy atom. The molecular weight excluding hydrogens is 316 g/mol. The van der Waals surface area contributed by atoms with Gasteiger partial charge in [-0.25, -0.2) is 8.78 Å². The number of nitrogens with zero attached hydrogens (tertiary/aromatic N) is 2. The molecule has 2 rings (SSSR count). The molecule has 19 heavy (non-hydrogen) atoms. The topological polar surface area (TPSA) is 29.9 Å². The number of aryl methyl sites for hydroxylation is 2. The Kier molecular flexibility index (Phi) is 3.89. The zero-order valence-corrected chi connectivity index (χ0v) is 12.5. The third-order valence-corrected chi connectivity index (χ3v) is 3.73. The van der Waals surface area contributed by atoms with Crippen LogP contribution in [-0.2, 0) is 13.6 Å². The van der Waals surface area contributed by atoms with E-state index in [1.165, 1.54) is 0 Å². The van der Waals surface area contributed by atoms with E-state index in [-0.39, 0.29) is 10.2 Å². The third kappa shape index (κ3) is 2.78. The van der Waals surface area contributed by atoms with E-state index in [0.717, 1.165) is 29.1 Å². The Bertz CT molecular complexity index is 623.